The predicted molar refractivity (Wildman–Crippen MR) is 106 cm³/mol. The van der Waals surface area contributed by atoms with Crippen LogP contribution >= 0.6 is 0 Å². The zero-order valence-electron chi connectivity index (χ0n) is 16.5. The first-order chi connectivity index (χ1) is 13.8. The van der Waals surface area contributed by atoms with Crippen molar-refractivity contribution < 1.29 is 23.9 Å². The molecule has 2 aromatic carbocycles. The van der Waals surface area contributed by atoms with Gasteiger partial charge in [0.25, 0.3) is 17.7 Å². The van der Waals surface area contributed by atoms with Gasteiger partial charge in [-0.2, -0.15) is 0 Å². The first-order valence-corrected chi connectivity index (χ1v) is 9.40. The maximum Gasteiger partial charge on any atom is 0.329 e. The fourth-order valence-electron chi connectivity index (χ4n) is 3.06. The molecule has 1 N–H and O–H groups in total. The number of anilines is 1. The van der Waals surface area contributed by atoms with Crippen molar-refractivity contribution in [1.82, 2.24) is 4.90 Å². The highest BCUT2D eigenvalue weighted by Crippen LogP contribution is 2.25. The Morgan fingerprint density at radius 3 is 2.03 bits per heavy atom. The molecule has 29 heavy (non-hydrogen) atoms. The van der Waals surface area contributed by atoms with Crippen molar-refractivity contribution in [3.63, 3.8) is 0 Å². The van der Waals surface area contributed by atoms with Crippen molar-refractivity contribution >= 4 is 29.4 Å². The van der Waals surface area contributed by atoms with Crippen LogP contribution in [-0.2, 0) is 20.7 Å². The van der Waals surface area contributed by atoms with E-state index in [0.717, 1.165) is 16.9 Å². The summed E-state index contributed by atoms with van der Waals surface area (Å²) in [6, 6.07) is 12.6. The van der Waals surface area contributed by atoms with Gasteiger partial charge in [0.15, 0.2) is 6.10 Å². The molecule has 7 nitrogen and oxygen atoms in total. The molecule has 0 saturated heterocycles. The average molecular weight is 394 g/mol. The largest absolute Gasteiger partial charge is 0.451 e. The summed E-state index contributed by atoms with van der Waals surface area (Å²) in [6.07, 6.45) is -0.205. The minimum absolute atomic E-state index is 0.249. The Balaban J connectivity index is 1.62. The number of rotatable bonds is 6. The van der Waals surface area contributed by atoms with Gasteiger partial charge in [-0.05, 0) is 50.1 Å². The molecular weight excluding hydrogens is 372 g/mol. The van der Waals surface area contributed by atoms with E-state index in [1.807, 2.05) is 19.1 Å². The summed E-state index contributed by atoms with van der Waals surface area (Å²) in [5, 5.41) is 2.67. The molecule has 0 fully saturated rings. The van der Waals surface area contributed by atoms with Crippen LogP contribution in [0.15, 0.2) is 48.5 Å². The summed E-state index contributed by atoms with van der Waals surface area (Å²) < 4.78 is 5.20. The van der Waals surface area contributed by atoms with Crippen molar-refractivity contribution in [3.05, 3.63) is 65.2 Å². The number of benzene rings is 2. The monoisotopic (exact) mass is 394 g/mol. The Labute approximate surface area is 168 Å². The van der Waals surface area contributed by atoms with E-state index in [2.05, 4.69) is 5.32 Å². The number of amides is 3. The Bertz CT molecular complexity index is 932. The molecular formula is C22H22N2O5. The normalized spacial score (nSPS) is 14.9. The molecule has 0 radical (unpaired) electrons. The van der Waals surface area contributed by atoms with E-state index in [1.165, 1.54) is 26.0 Å². The number of carbonyl (C=O) groups excluding carboxylic acids is 4. The van der Waals surface area contributed by atoms with E-state index in [-0.39, 0.29) is 11.1 Å². The second-order valence-corrected chi connectivity index (χ2v) is 6.82. The molecule has 2 aromatic rings. The van der Waals surface area contributed by atoms with Crippen LogP contribution < -0.4 is 5.32 Å². The molecule has 1 heterocycles. The lowest BCUT2D eigenvalue weighted by atomic mass is 10.1. The van der Waals surface area contributed by atoms with Gasteiger partial charge < -0.3 is 10.1 Å². The minimum Gasteiger partial charge on any atom is -0.451 e. The van der Waals surface area contributed by atoms with Gasteiger partial charge in [-0.15, -0.1) is 0 Å². The average Bonchev–Trinajstić information content (AvgIpc) is 2.98. The molecule has 1 aliphatic heterocycles. The number of carbonyl (C=O) groups is 4. The number of imide groups is 1. The summed E-state index contributed by atoms with van der Waals surface area (Å²) >= 11 is 0. The molecule has 0 spiro atoms. The minimum atomic E-state index is -1.15. The standard InChI is InChI=1S/C22H22N2O5/c1-4-15-9-11-16(12-10-15)23-19(25)14(3)29-22(28)13(2)24-20(26)17-7-5-6-8-18(17)21(24)27/h5-14H,4H2,1-3H3,(H,23,25)/t13-,14-/m1/s1. The number of nitrogens with one attached hydrogen (secondary N) is 1. The highest BCUT2D eigenvalue weighted by molar-refractivity contribution is 6.22. The van der Waals surface area contributed by atoms with Gasteiger partial charge in [0.1, 0.15) is 6.04 Å². The van der Waals surface area contributed by atoms with Crippen molar-refractivity contribution in [2.45, 2.75) is 39.3 Å². The maximum atomic E-state index is 12.5. The second-order valence-electron chi connectivity index (χ2n) is 6.82. The SMILES string of the molecule is CCc1ccc(NC(=O)[C@@H](C)OC(=O)[C@@H](C)N2C(=O)c3ccccc3C2=O)cc1. The number of esters is 1. The van der Waals surface area contributed by atoms with E-state index < -0.39 is 35.8 Å². The van der Waals surface area contributed by atoms with Crippen LogP contribution in [0.5, 0.6) is 0 Å². The first-order valence-electron chi connectivity index (χ1n) is 9.40. The highest BCUT2D eigenvalue weighted by Gasteiger charge is 2.41. The van der Waals surface area contributed by atoms with Gasteiger partial charge in [-0.25, -0.2) is 4.79 Å². The fraction of sp³-hybridized carbons (Fsp3) is 0.273. The molecule has 0 saturated carbocycles. The van der Waals surface area contributed by atoms with Gasteiger partial charge in [-0.1, -0.05) is 31.2 Å². The van der Waals surface area contributed by atoms with E-state index in [9.17, 15) is 19.2 Å². The molecule has 3 rings (SSSR count). The highest BCUT2D eigenvalue weighted by atomic mass is 16.5. The van der Waals surface area contributed by atoms with E-state index in [0.29, 0.717) is 5.69 Å². The fourth-order valence-corrected chi connectivity index (χ4v) is 3.06. The van der Waals surface area contributed by atoms with Gasteiger partial charge in [0.2, 0.25) is 0 Å². The number of ether oxygens (including phenoxy) is 1. The van der Waals surface area contributed by atoms with Gasteiger partial charge in [0, 0.05) is 5.69 Å². The molecule has 1 aliphatic rings. The van der Waals surface area contributed by atoms with Crippen molar-refractivity contribution in [3.8, 4) is 0 Å². The second kappa shape index (κ2) is 8.26. The predicted octanol–water partition coefficient (Wildman–Crippen LogP) is 2.80. The quantitative estimate of drug-likeness (QED) is 0.601. The lowest BCUT2D eigenvalue weighted by Gasteiger charge is -2.22. The van der Waals surface area contributed by atoms with Crippen LogP contribution in [0.1, 0.15) is 47.1 Å². The Morgan fingerprint density at radius 2 is 1.52 bits per heavy atom. The molecule has 0 aromatic heterocycles. The van der Waals surface area contributed by atoms with Crippen LogP contribution in [0.2, 0.25) is 0 Å². The zero-order chi connectivity index (χ0) is 21.1. The third-order valence-corrected chi connectivity index (χ3v) is 4.85. The molecule has 3 amide bonds. The van der Waals surface area contributed by atoms with Crippen molar-refractivity contribution in [2.24, 2.45) is 0 Å². The van der Waals surface area contributed by atoms with Gasteiger partial charge in [0.05, 0.1) is 11.1 Å². The zero-order valence-corrected chi connectivity index (χ0v) is 16.5. The summed E-state index contributed by atoms with van der Waals surface area (Å²) in [7, 11) is 0. The third-order valence-electron chi connectivity index (χ3n) is 4.85. The van der Waals surface area contributed by atoms with Crippen LogP contribution in [0, 0.1) is 0 Å². The van der Waals surface area contributed by atoms with Crippen LogP contribution in [-0.4, -0.2) is 40.7 Å². The summed E-state index contributed by atoms with van der Waals surface area (Å²) in [4.78, 5) is 50.6. The summed E-state index contributed by atoms with van der Waals surface area (Å²) in [6.45, 7) is 4.87. The summed E-state index contributed by atoms with van der Waals surface area (Å²) in [5.41, 5.74) is 2.22. The van der Waals surface area contributed by atoms with Crippen molar-refractivity contribution in [2.75, 3.05) is 5.32 Å². The molecule has 0 unspecified atom stereocenters. The van der Waals surface area contributed by atoms with Crippen LogP contribution in [0.4, 0.5) is 5.69 Å². The van der Waals surface area contributed by atoms with E-state index in [4.69, 9.17) is 4.74 Å². The maximum absolute atomic E-state index is 12.5. The summed E-state index contributed by atoms with van der Waals surface area (Å²) in [5.74, 6) is -2.44. The number of nitrogens with zero attached hydrogens (tertiary/aromatic N) is 1. The Hall–Kier alpha value is -3.48. The van der Waals surface area contributed by atoms with Gasteiger partial charge >= 0.3 is 5.97 Å². The first kappa shape index (κ1) is 20.3. The number of fused-ring (bicyclic) bond motifs is 1. The third kappa shape index (κ3) is 4.03. The number of aryl methyl sites for hydroxylation is 1. The van der Waals surface area contributed by atoms with E-state index in [1.54, 1.807) is 24.3 Å². The van der Waals surface area contributed by atoms with Gasteiger partial charge in [-0.3, -0.25) is 19.3 Å². The number of hydrogen-bond donors (Lipinski definition) is 1. The van der Waals surface area contributed by atoms with Crippen molar-refractivity contribution in [1.29, 1.82) is 0 Å². The van der Waals surface area contributed by atoms with Crippen LogP contribution in [0.25, 0.3) is 0 Å². The number of hydrogen-bond acceptors (Lipinski definition) is 5. The smallest absolute Gasteiger partial charge is 0.329 e. The van der Waals surface area contributed by atoms with Crippen LogP contribution in [0.3, 0.4) is 0 Å². The Morgan fingerprint density at radius 1 is 0.966 bits per heavy atom. The Kier molecular flexibility index (Phi) is 5.77. The molecule has 150 valence electrons. The molecule has 0 bridgehead atoms. The topological polar surface area (TPSA) is 92.8 Å². The lowest BCUT2D eigenvalue weighted by molar-refractivity contribution is -0.156. The molecule has 7 heteroatoms. The molecule has 0 aliphatic carbocycles. The van der Waals surface area contributed by atoms with E-state index >= 15 is 0 Å². The lowest BCUT2D eigenvalue weighted by Crippen LogP contribution is -2.45. The molecule has 2 atom stereocenters.